The number of hydrogen-bond acceptors (Lipinski definition) is 4. The molecule has 1 unspecified atom stereocenters. The van der Waals surface area contributed by atoms with Crippen molar-refractivity contribution >= 4 is 0 Å². The fraction of sp³-hybridized carbons (Fsp3) is 1.00. The van der Waals surface area contributed by atoms with Crippen LogP contribution in [-0.2, 0) is 4.74 Å². The van der Waals surface area contributed by atoms with Crippen molar-refractivity contribution < 1.29 is 9.84 Å². The zero-order chi connectivity index (χ0) is 11.3. The molecule has 4 nitrogen and oxygen atoms in total. The first-order valence-electron chi connectivity index (χ1n) is 5.78. The summed E-state index contributed by atoms with van der Waals surface area (Å²) < 4.78 is 5.71. The smallest absolute Gasteiger partial charge is 0.0829 e. The number of morpholine rings is 1. The molecule has 0 aromatic rings. The summed E-state index contributed by atoms with van der Waals surface area (Å²) in [5.41, 5.74) is 0. The molecule has 0 amide bonds. The van der Waals surface area contributed by atoms with Crippen molar-refractivity contribution in [2.45, 2.75) is 26.0 Å². The molecule has 90 valence electrons. The average molecular weight is 216 g/mol. The predicted molar refractivity (Wildman–Crippen MR) is 61.0 cm³/mol. The average Bonchev–Trinajstić information content (AvgIpc) is 2.17. The van der Waals surface area contributed by atoms with Crippen molar-refractivity contribution in [3.05, 3.63) is 0 Å². The molecule has 1 heterocycles. The van der Waals surface area contributed by atoms with Crippen molar-refractivity contribution in [2.75, 3.05) is 46.4 Å². The van der Waals surface area contributed by atoms with Crippen LogP contribution in [0.15, 0.2) is 0 Å². The van der Waals surface area contributed by atoms with Crippen LogP contribution in [0.3, 0.4) is 0 Å². The van der Waals surface area contributed by atoms with Gasteiger partial charge in [0.25, 0.3) is 0 Å². The lowest BCUT2D eigenvalue weighted by atomic mass is 10.2. The first-order valence-corrected chi connectivity index (χ1v) is 5.78. The van der Waals surface area contributed by atoms with E-state index in [1.807, 2.05) is 0 Å². The van der Waals surface area contributed by atoms with Gasteiger partial charge < -0.3 is 14.7 Å². The maximum atomic E-state index is 8.97. The van der Waals surface area contributed by atoms with Crippen molar-refractivity contribution in [1.29, 1.82) is 0 Å². The summed E-state index contributed by atoms with van der Waals surface area (Å²) in [5.74, 6) is 0. The summed E-state index contributed by atoms with van der Waals surface area (Å²) in [4.78, 5) is 4.56. The Morgan fingerprint density at radius 2 is 2.27 bits per heavy atom. The highest BCUT2D eigenvalue weighted by molar-refractivity contribution is 4.74. The van der Waals surface area contributed by atoms with Gasteiger partial charge in [-0.05, 0) is 20.9 Å². The Balaban J connectivity index is 2.35. The summed E-state index contributed by atoms with van der Waals surface area (Å²) in [7, 11) is 2.13. The maximum absolute atomic E-state index is 8.97. The second-order valence-corrected chi connectivity index (χ2v) is 4.57. The standard InChI is InChI=1S/C11H24N2O2/c1-10(2)13(4-6-14)9-11-8-12(3)5-7-15-11/h10-11,14H,4-9H2,1-3H3. The van der Waals surface area contributed by atoms with Crippen LogP contribution >= 0.6 is 0 Å². The normalized spacial score (nSPS) is 24.0. The van der Waals surface area contributed by atoms with Gasteiger partial charge in [0.2, 0.25) is 0 Å². The summed E-state index contributed by atoms with van der Waals surface area (Å²) in [6.07, 6.45) is 0.290. The van der Waals surface area contributed by atoms with E-state index in [2.05, 4.69) is 30.7 Å². The third-order valence-electron chi connectivity index (χ3n) is 2.90. The van der Waals surface area contributed by atoms with Gasteiger partial charge in [-0.2, -0.15) is 0 Å². The number of aliphatic hydroxyl groups is 1. The first kappa shape index (κ1) is 12.9. The Morgan fingerprint density at radius 1 is 1.53 bits per heavy atom. The highest BCUT2D eigenvalue weighted by atomic mass is 16.5. The van der Waals surface area contributed by atoms with E-state index in [1.165, 1.54) is 0 Å². The molecule has 1 rings (SSSR count). The minimum Gasteiger partial charge on any atom is -0.395 e. The monoisotopic (exact) mass is 216 g/mol. The number of hydrogen-bond donors (Lipinski definition) is 1. The maximum Gasteiger partial charge on any atom is 0.0829 e. The van der Waals surface area contributed by atoms with Gasteiger partial charge in [-0.3, -0.25) is 4.90 Å². The first-order chi connectivity index (χ1) is 7.13. The van der Waals surface area contributed by atoms with Crippen molar-refractivity contribution in [2.24, 2.45) is 0 Å². The number of nitrogens with zero attached hydrogens (tertiary/aromatic N) is 2. The molecule has 1 aliphatic rings. The van der Waals surface area contributed by atoms with E-state index in [0.717, 1.165) is 32.8 Å². The molecule has 4 heteroatoms. The minimum absolute atomic E-state index is 0.223. The third kappa shape index (κ3) is 4.47. The van der Waals surface area contributed by atoms with Crippen molar-refractivity contribution in [1.82, 2.24) is 9.80 Å². The number of rotatable bonds is 5. The van der Waals surface area contributed by atoms with Crippen LogP contribution in [-0.4, -0.2) is 73.5 Å². The minimum atomic E-state index is 0.223. The molecule has 0 spiro atoms. The lowest BCUT2D eigenvalue weighted by Gasteiger charge is -2.35. The summed E-state index contributed by atoms with van der Waals surface area (Å²) >= 11 is 0. The largest absolute Gasteiger partial charge is 0.395 e. The molecule has 0 aromatic heterocycles. The summed E-state index contributed by atoms with van der Waals surface area (Å²) in [6.45, 7) is 9.04. The molecule has 1 N–H and O–H groups in total. The Bertz CT molecular complexity index is 176. The van der Waals surface area contributed by atoms with E-state index in [-0.39, 0.29) is 12.7 Å². The van der Waals surface area contributed by atoms with E-state index in [1.54, 1.807) is 0 Å². The van der Waals surface area contributed by atoms with Gasteiger partial charge in [0, 0.05) is 32.2 Å². The highest BCUT2D eigenvalue weighted by Gasteiger charge is 2.21. The zero-order valence-corrected chi connectivity index (χ0v) is 10.1. The predicted octanol–water partition coefficient (Wildman–Crippen LogP) is 0.0197. The molecule has 0 aliphatic carbocycles. The molecule has 15 heavy (non-hydrogen) atoms. The molecule has 0 bridgehead atoms. The molecule has 0 radical (unpaired) electrons. The van der Waals surface area contributed by atoms with Crippen LogP contribution in [0.1, 0.15) is 13.8 Å². The van der Waals surface area contributed by atoms with Gasteiger partial charge in [0.1, 0.15) is 0 Å². The Labute approximate surface area is 92.8 Å². The molecule has 1 aliphatic heterocycles. The SMILES string of the molecule is CC(C)N(CCO)CC1CN(C)CCO1. The fourth-order valence-electron chi connectivity index (χ4n) is 1.93. The number of likely N-dealkylation sites (N-methyl/N-ethyl adjacent to an activating group) is 1. The van der Waals surface area contributed by atoms with Gasteiger partial charge in [-0.15, -0.1) is 0 Å². The van der Waals surface area contributed by atoms with Crippen molar-refractivity contribution in [3.63, 3.8) is 0 Å². The third-order valence-corrected chi connectivity index (χ3v) is 2.90. The fourth-order valence-corrected chi connectivity index (χ4v) is 1.93. The second-order valence-electron chi connectivity index (χ2n) is 4.57. The van der Waals surface area contributed by atoms with Gasteiger partial charge >= 0.3 is 0 Å². The van der Waals surface area contributed by atoms with Gasteiger partial charge in [-0.1, -0.05) is 0 Å². The van der Waals surface area contributed by atoms with Crippen LogP contribution < -0.4 is 0 Å². The topological polar surface area (TPSA) is 35.9 Å². The van der Waals surface area contributed by atoms with Crippen LogP contribution in [0.4, 0.5) is 0 Å². The van der Waals surface area contributed by atoms with Crippen LogP contribution in [0.2, 0.25) is 0 Å². The Morgan fingerprint density at radius 3 is 2.80 bits per heavy atom. The van der Waals surface area contributed by atoms with E-state index < -0.39 is 0 Å². The van der Waals surface area contributed by atoms with Gasteiger partial charge in [0.05, 0.1) is 19.3 Å². The van der Waals surface area contributed by atoms with E-state index in [9.17, 15) is 0 Å². The van der Waals surface area contributed by atoms with Crippen LogP contribution in [0.5, 0.6) is 0 Å². The number of aliphatic hydroxyl groups excluding tert-OH is 1. The lowest BCUT2D eigenvalue weighted by molar-refractivity contribution is -0.0412. The number of ether oxygens (including phenoxy) is 1. The van der Waals surface area contributed by atoms with E-state index >= 15 is 0 Å². The molecular formula is C11H24N2O2. The quantitative estimate of drug-likeness (QED) is 0.703. The van der Waals surface area contributed by atoms with Crippen LogP contribution in [0.25, 0.3) is 0 Å². The summed E-state index contributed by atoms with van der Waals surface area (Å²) in [5, 5.41) is 8.97. The molecule has 1 saturated heterocycles. The van der Waals surface area contributed by atoms with Gasteiger partial charge in [0.15, 0.2) is 0 Å². The molecule has 0 aromatic carbocycles. The molecule has 1 fully saturated rings. The van der Waals surface area contributed by atoms with Gasteiger partial charge in [-0.25, -0.2) is 0 Å². The lowest BCUT2D eigenvalue weighted by Crippen LogP contribution is -2.48. The Hall–Kier alpha value is -0.160. The highest BCUT2D eigenvalue weighted by Crippen LogP contribution is 2.07. The van der Waals surface area contributed by atoms with Crippen LogP contribution in [0, 0.1) is 0 Å². The second kappa shape index (κ2) is 6.43. The summed E-state index contributed by atoms with van der Waals surface area (Å²) in [6, 6.07) is 0.466. The molecule has 1 atom stereocenters. The van der Waals surface area contributed by atoms with E-state index in [4.69, 9.17) is 9.84 Å². The van der Waals surface area contributed by atoms with E-state index in [0.29, 0.717) is 6.04 Å². The van der Waals surface area contributed by atoms with Crippen molar-refractivity contribution in [3.8, 4) is 0 Å². The Kier molecular flexibility index (Phi) is 5.53. The molecule has 0 saturated carbocycles. The molecular weight excluding hydrogens is 192 g/mol. The zero-order valence-electron chi connectivity index (χ0n) is 10.1.